The number of amides is 2. The number of rotatable bonds is 7. The van der Waals surface area contributed by atoms with E-state index in [2.05, 4.69) is 22.4 Å². The summed E-state index contributed by atoms with van der Waals surface area (Å²) < 4.78 is 5.80. The smallest absolute Gasteiger partial charge is 0.258 e. The molecule has 32 heavy (non-hydrogen) atoms. The summed E-state index contributed by atoms with van der Waals surface area (Å²) in [6.07, 6.45) is 4.68. The molecule has 4 rings (SSSR count). The number of pyridine rings is 1. The Morgan fingerprint density at radius 2 is 1.97 bits per heavy atom. The highest BCUT2D eigenvalue weighted by atomic mass is 16.5. The van der Waals surface area contributed by atoms with E-state index in [1.54, 1.807) is 12.4 Å². The summed E-state index contributed by atoms with van der Waals surface area (Å²) in [5.41, 5.74) is 4.26. The molecule has 164 valence electrons. The fraction of sp³-hybridized carbons (Fsp3) is 0.269. The summed E-state index contributed by atoms with van der Waals surface area (Å²) in [5.74, 6) is 0.548. The van der Waals surface area contributed by atoms with Crippen LogP contribution in [0.3, 0.4) is 0 Å². The van der Waals surface area contributed by atoms with Crippen molar-refractivity contribution in [3.05, 3.63) is 95.3 Å². The third-order valence-electron chi connectivity index (χ3n) is 5.67. The maximum Gasteiger partial charge on any atom is 0.258 e. The minimum absolute atomic E-state index is 0.0767. The average Bonchev–Trinajstić information content (AvgIpc) is 2.86. The highest BCUT2D eigenvalue weighted by Crippen LogP contribution is 2.37. The quantitative estimate of drug-likeness (QED) is 0.622. The van der Waals surface area contributed by atoms with Gasteiger partial charge in [0.15, 0.2) is 6.61 Å². The van der Waals surface area contributed by atoms with E-state index >= 15 is 0 Å². The molecule has 0 fully saturated rings. The standard InChI is InChI=1S/C26H27N3O3/c1-2-25(31)29-14-12-20-10-11-22(15-23(20)26(29)21-8-4-3-5-9-21)32-18-24(30)28-17-19-7-6-13-27-16-19/h3-11,13,15-16,26H,2,12,14,17-18H2,1H3,(H,28,30). The Morgan fingerprint density at radius 1 is 1.12 bits per heavy atom. The number of ether oxygens (including phenoxy) is 1. The lowest BCUT2D eigenvalue weighted by molar-refractivity contribution is -0.133. The molecule has 1 unspecified atom stereocenters. The summed E-state index contributed by atoms with van der Waals surface area (Å²) >= 11 is 0. The SMILES string of the molecule is CCC(=O)N1CCc2ccc(OCC(=O)NCc3cccnc3)cc2C1c1ccccc1. The van der Waals surface area contributed by atoms with E-state index in [1.807, 2.05) is 60.4 Å². The van der Waals surface area contributed by atoms with Crippen LogP contribution in [0.4, 0.5) is 0 Å². The fourth-order valence-corrected chi connectivity index (χ4v) is 4.05. The van der Waals surface area contributed by atoms with Crippen molar-refractivity contribution in [2.45, 2.75) is 32.4 Å². The molecule has 0 radical (unpaired) electrons. The first kappa shape index (κ1) is 21.6. The van der Waals surface area contributed by atoms with E-state index in [9.17, 15) is 9.59 Å². The molecule has 6 nitrogen and oxygen atoms in total. The van der Waals surface area contributed by atoms with Gasteiger partial charge in [0, 0.05) is 31.9 Å². The zero-order valence-electron chi connectivity index (χ0n) is 18.2. The molecule has 1 atom stereocenters. The first-order valence-corrected chi connectivity index (χ1v) is 10.9. The van der Waals surface area contributed by atoms with Crippen LogP contribution in [0.5, 0.6) is 5.75 Å². The van der Waals surface area contributed by atoms with Crippen LogP contribution in [-0.4, -0.2) is 34.8 Å². The Morgan fingerprint density at radius 3 is 2.72 bits per heavy atom. The molecule has 1 N–H and O–H groups in total. The molecule has 3 aromatic rings. The van der Waals surface area contributed by atoms with Crippen LogP contribution in [0, 0.1) is 0 Å². The molecule has 0 spiro atoms. The fourth-order valence-electron chi connectivity index (χ4n) is 4.05. The summed E-state index contributed by atoms with van der Waals surface area (Å²) in [6.45, 7) is 2.91. The van der Waals surface area contributed by atoms with Crippen molar-refractivity contribution in [1.29, 1.82) is 0 Å². The molecule has 2 aromatic carbocycles. The zero-order chi connectivity index (χ0) is 22.3. The van der Waals surface area contributed by atoms with Gasteiger partial charge in [0.2, 0.25) is 5.91 Å². The predicted octanol–water partition coefficient (Wildman–Crippen LogP) is 3.66. The van der Waals surface area contributed by atoms with E-state index in [1.165, 1.54) is 5.56 Å². The van der Waals surface area contributed by atoms with E-state index in [0.29, 0.717) is 25.3 Å². The molecule has 1 aliphatic rings. The Hall–Kier alpha value is -3.67. The second-order valence-electron chi connectivity index (χ2n) is 7.79. The molecule has 1 aromatic heterocycles. The van der Waals surface area contributed by atoms with Crippen molar-refractivity contribution in [3.8, 4) is 5.75 Å². The molecule has 0 saturated heterocycles. The normalized spacial score (nSPS) is 15.0. The molecule has 2 heterocycles. The summed E-state index contributed by atoms with van der Waals surface area (Å²) in [7, 11) is 0. The highest BCUT2D eigenvalue weighted by molar-refractivity contribution is 5.78. The van der Waals surface area contributed by atoms with Crippen molar-refractivity contribution in [1.82, 2.24) is 15.2 Å². The van der Waals surface area contributed by atoms with E-state index in [0.717, 1.165) is 23.1 Å². The number of hydrogen-bond acceptors (Lipinski definition) is 4. The third kappa shape index (κ3) is 4.97. The number of aromatic nitrogens is 1. The van der Waals surface area contributed by atoms with Crippen LogP contribution in [0.1, 0.15) is 41.6 Å². The van der Waals surface area contributed by atoms with Crippen molar-refractivity contribution >= 4 is 11.8 Å². The molecule has 0 bridgehead atoms. The molecule has 2 amide bonds. The van der Waals surface area contributed by atoms with Gasteiger partial charge in [-0.1, -0.05) is 49.4 Å². The van der Waals surface area contributed by atoms with Gasteiger partial charge in [-0.2, -0.15) is 0 Å². The summed E-state index contributed by atoms with van der Waals surface area (Å²) in [6, 6.07) is 19.6. The van der Waals surface area contributed by atoms with Gasteiger partial charge >= 0.3 is 0 Å². The van der Waals surface area contributed by atoms with Crippen LogP contribution in [0.2, 0.25) is 0 Å². The number of benzene rings is 2. The van der Waals surface area contributed by atoms with Gasteiger partial charge in [0.25, 0.3) is 5.91 Å². The van der Waals surface area contributed by atoms with E-state index in [-0.39, 0.29) is 24.5 Å². The Bertz CT molecular complexity index is 1070. The van der Waals surface area contributed by atoms with Crippen LogP contribution in [0.15, 0.2) is 73.1 Å². The molecular formula is C26H27N3O3. The van der Waals surface area contributed by atoms with Crippen LogP contribution in [-0.2, 0) is 22.6 Å². The maximum absolute atomic E-state index is 12.7. The minimum Gasteiger partial charge on any atom is -0.484 e. The van der Waals surface area contributed by atoms with Crippen molar-refractivity contribution in [3.63, 3.8) is 0 Å². The molecule has 0 saturated carbocycles. The largest absolute Gasteiger partial charge is 0.484 e. The first-order valence-electron chi connectivity index (χ1n) is 10.9. The predicted molar refractivity (Wildman–Crippen MR) is 122 cm³/mol. The minimum atomic E-state index is -0.200. The Kier molecular flexibility index (Phi) is 6.80. The molecular weight excluding hydrogens is 402 g/mol. The lowest BCUT2D eigenvalue weighted by Gasteiger charge is -2.38. The Balaban J connectivity index is 1.49. The van der Waals surface area contributed by atoms with Gasteiger partial charge in [-0.05, 0) is 46.9 Å². The first-order chi connectivity index (χ1) is 15.7. The third-order valence-corrected chi connectivity index (χ3v) is 5.67. The van der Waals surface area contributed by atoms with Gasteiger partial charge in [-0.15, -0.1) is 0 Å². The van der Waals surface area contributed by atoms with Gasteiger partial charge in [0.1, 0.15) is 5.75 Å². The van der Waals surface area contributed by atoms with Crippen LogP contribution < -0.4 is 10.1 Å². The molecule has 6 heteroatoms. The average molecular weight is 430 g/mol. The lowest BCUT2D eigenvalue weighted by atomic mass is 9.87. The summed E-state index contributed by atoms with van der Waals surface area (Å²) in [4.78, 5) is 30.9. The monoisotopic (exact) mass is 429 g/mol. The number of fused-ring (bicyclic) bond motifs is 1. The number of nitrogens with one attached hydrogen (secondary N) is 1. The van der Waals surface area contributed by atoms with Gasteiger partial charge < -0.3 is 15.0 Å². The van der Waals surface area contributed by atoms with Gasteiger partial charge in [-0.3, -0.25) is 14.6 Å². The second-order valence-corrected chi connectivity index (χ2v) is 7.79. The molecule has 0 aliphatic carbocycles. The Labute approximate surface area is 188 Å². The van der Waals surface area contributed by atoms with Gasteiger partial charge in [0.05, 0.1) is 6.04 Å². The number of carbonyl (C=O) groups is 2. The van der Waals surface area contributed by atoms with Crippen LogP contribution in [0.25, 0.3) is 0 Å². The number of carbonyl (C=O) groups excluding carboxylic acids is 2. The highest BCUT2D eigenvalue weighted by Gasteiger charge is 2.31. The van der Waals surface area contributed by atoms with Crippen molar-refractivity contribution in [2.75, 3.05) is 13.2 Å². The van der Waals surface area contributed by atoms with Crippen molar-refractivity contribution in [2.24, 2.45) is 0 Å². The molecule has 1 aliphatic heterocycles. The maximum atomic E-state index is 12.7. The van der Waals surface area contributed by atoms with Gasteiger partial charge in [-0.25, -0.2) is 0 Å². The summed E-state index contributed by atoms with van der Waals surface area (Å²) in [5, 5.41) is 2.84. The topological polar surface area (TPSA) is 71.5 Å². The van der Waals surface area contributed by atoms with Crippen molar-refractivity contribution < 1.29 is 14.3 Å². The van der Waals surface area contributed by atoms with E-state index < -0.39 is 0 Å². The number of nitrogens with zero attached hydrogens (tertiary/aromatic N) is 2. The second kappa shape index (κ2) is 10.1. The number of hydrogen-bond donors (Lipinski definition) is 1. The van der Waals surface area contributed by atoms with E-state index in [4.69, 9.17) is 4.74 Å². The zero-order valence-corrected chi connectivity index (χ0v) is 18.2. The lowest BCUT2D eigenvalue weighted by Crippen LogP contribution is -2.40. The van der Waals surface area contributed by atoms with Crippen LogP contribution >= 0.6 is 0 Å².